The van der Waals surface area contributed by atoms with E-state index in [0.29, 0.717) is 22.8 Å². The van der Waals surface area contributed by atoms with Gasteiger partial charge in [0.05, 0.1) is 0 Å². The van der Waals surface area contributed by atoms with Gasteiger partial charge in [0.15, 0.2) is 17.0 Å². The van der Waals surface area contributed by atoms with Gasteiger partial charge in [-0.25, -0.2) is 9.97 Å². The van der Waals surface area contributed by atoms with E-state index in [1.165, 1.54) is 25.6 Å². The molecule has 0 aliphatic rings. The number of carbonyl (C=O) groups is 3. The van der Waals surface area contributed by atoms with Gasteiger partial charge in [-0.1, -0.05) is 11.8 Å². The largest absolute Gasteiger partial charge is 0.453 e. The SMILES string of the molecule is CSc1nc(C)c(CCC(=O)O[C@@H](C)C(=O)Nc2ccc(C(C)=O)cc2)c(C)n1. The second-order valence-electron chi connectivity index (χ2n) is 6.61. The van der Waals surface area contributed by atoms with E-state index in [2.05, 4.69) is 15.3 Å². The van der Waals surface area contributed by atoms with Gasteiger partial charge < -0.3 is 10.1 Å². The molecule has 0 bridgehead atoms. The zero-order chi connectivity index (χ0) is 21.6. The van der Waals surface area contributed by atoms with Gasteiger partial charge in [0.2, 0.25) is 0 Å². The highest BCUT2D eigenvalue weighted by atomic mass is 32.2. The summed E-state index contributed by atoms with van der Waals surface area (Å²) in [6.45, 7) is 6.77. The third kappa shape index (κ3) is 6.39. The number of aryl methyl sites for hydroxylation is 2. The van der Waals surface area contributed by atoms with E-state index in [-0.39, 0.29) is 12.2 Å². The van der Waals surface area contributed by atoms with Crippen molar-refractivity contribution in [3.63, 3.8) is 0 Å². The minimum absolute atomic E-state index is 0.0517. The summed E-state index contributed by atoms with van der Waals surface area (Å²) in [5.74, 6) is -0.953. The van der Waals surface area contributed by atoms with Crippen molar-refractivity contribution in [2.75, 3.05) is 11.6 Å². The van der Waals surface area contributed by atoms with Gasteiger partial charge in [-0.3, -0.25) is 14.4 Å². The Morgan fingerprint density at radius 3 is 2.21 bits per heavy atom. The molecular weight excluding hydrogens is 390 g/mol. The molecule has 1 heterocycles. The lowest BCUT2D eigenvalue weighted by Gasteiger charge is -2.14. The van der Waals surface area contributed by atoms with Crippen molar-refractivity contribution in [2.45, 2.75) is 51.8 Å². The topological polar surface area (TPSA) is 98.2 Å². The second-order valence-corrected chi connectivity index (χ2v) is 7.39. The molecule has 0 saturated heterocycles. The quantitative estimate of drug-likeness (QED) is 0.305. The van der Waals surface area contributed by atoms with Crippen molar-refractivity contribution in [3.8, 4) is 0 Å². The van der Waals surface area contributed by atoms with Crippen LogP contribution >= 0.6 is 11.8 Å². The van der Waals surface area contributed by atoms with Crippen molar-refractivity contribution in [1.29, 1.82) is 0 Å². The third-order valence-corrected chi connectivity index (χ3v) is 4.95. The first-order valence-electron chi connectivity index (χ1n) is 9.20. The van der Waals surface area contributed by atoms with Gasteiger partial charge in [-0.15, -0.1) is 0 Å². The molecule has 29 heavy (non-hydrogen) atoms. The van der Waals surface area contributed by atoms with Crippen LogP contribution in [0, 0.1) is 13.8 Å². The lowest BCUT2D eigenvalue weighted by atomic mass is 10.1. The number of aromatic nitrogens is 2. The van der Waals surface area contributed by atoms with Crippen LogP contribution in [0.2, 0.25) is 0 Å². The Bertz CT molecular complexity index is 890. The van der Waals surface area contributed by atoms with Crippen LogP contribution in [0.1, 0.15) is 47.6 Å². The maximum absolute atomic E-state index is 12.2. The van der Waals surface area contributed by atoms with Gasteiger partial charge in [0.25, 0.3) is 5.91 Å². The molecular formula is C21H25N3O4S. The number of hydrogen-bond acceptors (Lipinski definition) is 7. The highest BCUT2D eigenvalue weighted by Gasteiger charge is 2.19. The predicted molar refractivity (Wildman–Crippen MR) is 112 cm³/mol. The number of ether oxygens (including phenoxy) is 1. The molecule has 8 heteroatoms. The maximum atomic E-state index is 12.2. The van der Waals surface area contributed by atoms with Crippen LogP contribution in [0.15, 0.2) is 29.4 Å². The molecule has 1 aromatic carbocycles. The Labute approximate surface area is 174 Å². The van der Waals surface area contributed by atoms with Gasteiger partial charge in [-0.05, 0) is 70.2 Å². The van der Waals surface area contributed by atoms with Crippen molar-refractivity contribution in [1.82, 2.24) is 9.97 Å². The first-order chi connectivity index (χ1) is 13.7. The number of esters is 1. The van der Waals surface area contributed by atoms with E-state index in [4.69, 9.17) is 4.74 Å². The zero-order valence-corrected chi connectivity index (χ0v) is 18.1. The first-order valence-corrected chi connectivity index (χ1v) is 10.4. The number of anilines is 1. The first kappa shape index (κ1) is 22.5. The molecule has 0 unspecified atom stereocenters. The monoisotopic (exact) mass is 415 g/mol. The Kier molecular flexibility index (Phi) is 7.90. The number of rotatable bonds is 8. The summed E-state index contributed by atoms with van der Waals surface area (Å²) in [6, 6.07) is 6.52. The van der Waals surface area contributed by atoms with E-state index in [1.807, 2.05) is 20.1 Å². The Balaban J connectivity index is 1.88. The fourth-order valence-corrected chi connectivity index (χ4v) is 3.19. The van der Waals surface area contributed by atoms with Gasteiger partial charge in [0, 0.05) is 29.1 Å². The molecule has 0 spiro atoms. The summed E-state index contributed by atoms with van der Waals surface area (Å²) in [4.78, 5) is 44.5. The second kappa shape index (κ2) is 10.2. The number of ketones is 1. The summed E-state index contributed by atoms with van der Waals surface area (Å²) >= 11 is 1.47. The van der Waals surface area contributed by atoms with E-state index in [0.717, 1.165) is 17.0 Å². The molecule has 1 amide bonds. The molecule has 1 aromatic heterocycles. The van der Waals surface area contributed by atoms with E-state index < -0.39 is 18.0 Å². The van der Waals surface area contributed by atoms with Crippen LogP contribution in [-0.4, -0.2) is 40.0 Å². The highest BCUT2D eigenvalue weighted by molar-refractivity contribution is 7.98. The molecule has 1 atom stereocenters. The Morgan fingerprint density at radius 2 is 1.69 bits per heavy atom. The lowest BCUT2D eigenvalue weighted by molar-refractivity contribution is -0.153. The van der Waals surface area contributed by atoms with Crippen LogP contribution in [-0.2, 0) is 20.7 Å². The van der Waals surface area contributed by atoms with Crippen LogP contribution in [0.25, 0.3) is 0 Å². The molecule has 7 nitrogen and oxygen atoms in total. The molecule has 0 aliphatic carbocycles. The number of hydrogen-bond donors (Lipinski definition) is 1. The van der Waals surface area contributed by atoms with Crippen LogP contribution in [0.5, 0.6) is 0 Å². The fourth-order valence-electron chi connectivity index (χ4n) is 2.73. The smallest absolute Gasteiger partial charge is 0.306 e. The molecule has 1 N–H and O–H groups in total. The number of Topliss-reactive ketones (excluding diaryl/α,β-unsaturated/α-hetero) is 1. The van der Waals surface area contributed by atoms with Crippen molar-refractivity contribution >= 4 is 35.1 Å². The van der Waals surface area contributed by atoms with Crippen LogP contribution in [0.4, 0.5) is 5.69 Å². The number of nitrogens with zero attached hydrogens (tertiary/aromatic N) is 2. The van der Waals surface area contributed by atoms with Gasteiger partial charge in [-0.2, -0.15) is 0 Å². The minimum atomic E-state index is -0.938. The predicted octanol–water partition coefficient (Wildman–Crippen LogP) is 3.52. The number of carbonyl (C=O) groups excluding carboxylic acids is 3. The lowest BCUT2D eigenvalue weighted by Crippen LogP contribution is -2.30. The number of nitrogens with one attached hydrogen (secondary N) is 1. The molecule has 0 saturated carbocycles. The average molecular weight is 416 g/mol. The molecule has 0 fully saturated rings. The van der Waals surface area contributed by atoms with Crippen LogP contribution in [0.3, 0.4) is 0 Å². The van der Waals surface area contributed by atoms with Crippen LogP contribution < -0.4 is 5.32 Å². The molecule has 154 valence electrons. The summed E-state index contributed by atoms with van der Waals surface area (Å²) in [5, 5.41) is 3.37. The Morgan fingerprint density at radius 1 is 1.10 bits per heavy atom. The number of benzene rings is 1. The van der Waals surface area contributed by atoms with Gasteiger partial charge in [0.1, 0.15) is 0 Å². The van der Waals surface area contributed by atoms with E-state index in [9.17, 15) is 14.4 Å². The zero-order valence-electron chi connectivity index (χ0n) is 17.2. The summed E-state index contributed by atoms with van der Waals surface area (Å²) in [5.41, 5.74) is 3.69. The van der Waals surface area contributed by atoms with E-state index >= 15 is 0 Å². The molecule has 2 aromatic rings. The summed E-state index contributed by atoms with van der Waals surface area (Å²) in [7, 11) is 0. The van der Waals surface area contributed by atoms with Crippen molar-refractivity contribution < 1.29 is 19.1 Å². The number of thioether (sulfide) groups is 1. The third-order valence-electron chi connectivity index (χ3n) is 4.40. The van der Waals surface area contributed by atoms with Crippen molar-refractivity contribution in [3.05, 3.63) is 46.8 Å². The molecule has 0 radical (unpaired) electrons. The standard InChI is InChI=1S/C21H25N3O4S/c1-12-18(13(2)23-21(22-12)29-5)10-11-19(26)28-15(4)20(27)24-17-8-6-16(7-9-17)14(3)25/h6-9,15H,10-11H2,1-5H3,(H,24,27)/t15-/m0/s1. The number of amides is 1. The van der Waals surface area contributed by atoms with E-state index in [1.54, 1.807) is 24.3 Å². The van der Waals surface area contributed by atoms with Crippen molar-refractivity contribution in [2.24, 2.45) is 0 Å². The van der Waals surface area contributed by atoms with Gasteiger partial charge >= 0.3 is 5.97 Å². The molecule has 2 rings (SSSR count). The average Bonchev–Trinajstić information content (AvgIpc) is 2.67. The normalized spacial score (nSPS) is 11.6. The highest BCUT2D eigenvalue weighted by Crippen LogP contribution is 2.17. The fraction of sp³-hybridized carbons (Fsp3) is 0.381. The summed E-state index contributed by atoms with van der Waals surface area (Å²) < 4.78 is 5.24. The Hall–Kier alpha value is -2.74. The maximum Gasteiger partial charge on any atom is 0.306 e. The summed E-state index contributed by atoms with van der Waals surface area (Å²) in [6.07, 6.45) is 1.56. The molecule has 0 aliphatic heterocycles. The minimum Gasteiger partial charge on any atom is -0.453 e.